The summed E-state index contributed by atoms with van der Waals surface area (Å²) in [5.41, 5.74) is 6.42. The van der Waals surface area contributed by atoms with Gasteiger partial charge in [0.1, 0.15) is 0 Å². The van der Waals surface area contributed by atoms with Crippen LogP contribution in [0.3, 0.4) is 0 Å². The minimum atomic E-state index is -0.758. The van der Waals surface area contributed by atoms with Crippen LogP contribution in [0.2, 0.25) is 0 Å². The van der Waals surface area contributed by atoms with E-state index < -0.39 is 23.7 Å². The van der Waals surface area contributed by atoms with Gasteiger partial charge < -0.3 is 11.1 Å². The molecule has 0 aromatic heterocycles. The Morgan fingerprint density at radius 3 is 1.71 bits per heavy atom. The number of carbonyl (C=O) groups excluding carboxylic acids is 3. The largest absolute Gasteiger partial charge is 0.369 e. The molecule has 0 rings (SSSR count). The van der Waals surface area contributed by atoms with Crippen molar-refractivity contribution in [2.75, 3.05) is 7.05 Å². The van der Waals surface area contributed by atoms with Gasteiger partial charge in [0, 0.05) is 24.8 Å². The highest BCUT2D eigenvalue weighted by atomic mass is 19.2. The highest BCUT2D eigenvalue weighted by Gasteiger charge is 2.29. The van der Waals surface area contributed by atoms with Gasteiger partial charge in [0.05, 0.1) is 0 Å². The van der Waals surface area contributed by atoms with Gasteiger partial charge in [-0.05, 0) is 25.7 Å². The van der Waals surface area contributed by atoms with E-state index in [9.17, 15) is 18.9 Å². The van der Waals surface area contributed by atoms with Crippen LogP contribution in [0.15, 0.2) is 0 Å². The Labute approximate surface area is 126 Å². The Kier molecular flexibility index (Phi) is 11.4. The van der Waals surface area contributed by atoms with Crippen molar-refractivity contribution >= 4 is 17.7 Å². The van der Waals surface area contributed by atoms with E-state index in [-0.39, 0.29) is 32.1 Å². The van der Waals surface area contributed by atoms with Crippen LogP contribution < -0.4 is 16.6 Å². The molecule has 0 spiro atoms. The Morgan fingerprint density at radius 1 is 1.00 bits per heavy atom. The average molecular weight is 305 g/mol. The van der Waals surface area contributed by atoms with Gasteiger partial charge in [-0.25, -0.2) is 0 Å². The van der Waals surface area contributed by atoms with Gasteiger partial charge in [0.25, 0.3) is 5.91 Å². The highest BCUT2D eigenvalue weighted by Crippen LogP contribution is 2.24. The van der Waals surface area contributed by atoms with Crippen molar-refractivity contribution in [1.29, 1.82) is 0 Å². The summed E-state index contributed by atoms with van der Waals surface area (Å²) in [6, 6.07) is 0. The summed E-state index contributed by atoms with van der Waals surface area (Å²) in [5.74, 6) is -3.09. The second kappa shape index (κ2) is 11.0. The van der Waals surface area contributed by atoms with Crippen molar-refractivity contribution < 1.29 is 18.9 Å². The molecule has 0 aromatic carbocycles. The summed E-state index contributed by atoms with van der Waals surface area (Å²) in [5, 5.41) is 2.53. The number of nitrogens with one attached hydrogen (secondary N) is 2. The van der Waals surface area contributed by atoms with E-state index in [1.807, 2.05) is 6.92 Å². The van der Waals surface area contributed by atoms with Crippen LogP contribution in [0, 0.1) is 17.8 Å². The molecule has 0 aromatic rings. The lowest BCUT2D eigenvalue weighted by atomic mass is 9.84. The zero-order valence-corrected chi connectivity index (χ0v) is 12.2. The fourth-order valence-corrected chi connectivity index (χ4v) is 2.21. The van der Waals surface area contributed by atoms with E-state index >= 15 is 0 Å². The molecule has 0 saturated carbocycles. The van der Waals surface area contributed by atoms with Crippen molar-refractivity contribution in [2.45, 2.75) is 47.0 Å². The van der Waals surface area contributed by atoms with E-state index in [0.717, 1.165) is 5.54 Å². The van der Waals surface area contributed by atoms with E-state index in [4.69, 9.17) is 5.73 Å². The van der Waals surface area contributed by atoms with Crippen molar-refractivity contribution in [2.24, 2.45) is 23.5 Å². The quantitative estimate of drug-likeness (QED) is 0.560. The first-order chi connectivity index (χ1) is 9.40. The third-order valence-corrected chi connectivity index (χ3v) is 3.61. The molecule has 0 aliphatic heterocycles. The van der Waals surface area contributed by atoms with Gasteiger partial charge in [0.15, 0.2) is 0 Å². The average Bonchev–Trinajstić information content (AvgIpc) is 2.45. The molecular formula is C14H28FN3O3. The van der Waals surface area contributed by atoms with Crippen LogP contribution in [0.4, 0.5) is 4.48 Å². The first kappa shape index (κ1) is 21.6. The third-order valence-electron chi connectivity index (χ3n) is 3.61. The van der Waals surface area contributed by atoms with Crippen molar-refractivity contribution in [1.82, 2.24) is 10.9 Å². The summed E-state index contributed by atoms with van der Waals surface area (Å²) in [4.78, 5) is 34.5. The minimum absolute atomic E-state index is 0. The fourth-order valence-electron chi connectivity index (χ4n) is 2.21. The zero-order valence-electron chi connectivity index (χ0n) is 12.2. The molecule has 6 nitrogen and oxygen atoms in total. The number of rotatable bonds is 9. The summed E-state index contributed by atoms with van der Waals surface area (Å²) in [6.07, 6.45) is 1.38. The predicted molar refractivity (Wildman–Crippen MR) is 79.5 cm³/mol. The molecule has 3 amide bonds. The molecule has 0 heterocycles. The van der Waals surface area contributed by atoms with Crippen molar-refractivity contribution in [3.8, 4) is 0 Å². The standard InChI is InChI=1S/C13H24FN3O3.CH4/c1-4-8(12(19)16-3)6-10(11(15)18)7-9(5-2)13(20)17-14;/h8-10H,4-7H2,1-3H3,(H2,15,18)(H,16,19)(H,17,20);1H4. The van der Waals surface area contributed by atoms with Crippen LogP contribution >= 0.6 is 0 Å². The topological polar surface area (TPSA) is 101 Å². The monoisotopic (exact) mass is 305 g/mol. The van der Waals surface area contributed by atoms with Crippen LogP contribution in [-0.4, -0.2) is 24.8 Å². The lowest BCUT2D eigenvalue weighted by Crippen LogP contribution is -2.35. The highest BCUT2D eigenvalue weighted by molar-refractivity contribution is 5.82. The lowest BCUT2D eigenvalue weighted by Gasteiger charge is -2.22. The normalized spacial score (nSPS) is 14.3. The first-order valence-corrected chi connectivity index (χ1v) is 6.82. The van der Waals surface area contributed by atoms with Gasteiger partial charge >= 0.3 is 0 Å². The number of nitrogens with two attached hydrogens (primary N) is 1. The van der Waals surface area contributed by atoms with Gasteiger partial charge in [-0.15, -0.1) is 4.48 Å². The molecule has 0 fully saturated rings. The van der Waals surface area contributed by atoms with Gasteiger partial charge in [-0.2, -0.15) is 5.54 Å². The fraction of sp³-hybridized carbons (Fsp3) is 0.786. The molecule has 3 atom stereocenters. The number of primary amides is 1. The molecule has 7 heteroatoms. The second-order valence-corrected chi connectivity index (χ2v) is 4.85. The summed E-state index contributed by atoms with van der Waals surface area (Å²) in [7, 11) is 1.52. The molecule has 0 aliphatic carbocycles. The number of amides is 3. The zero-order chi connectivity index (χ0) is 15.7. The molecule has 0 aliphatic rings. The Bertz CT molecular complexity index is 324. The molecule has 0 saturated heterocycles. The summed E-state index contributed by atoms with van der Waals surface area (Å²) >= 11 is 0. The maximum atomic E-state index is 12.2. The maximum Gasteiger partial charge on any atom is 0.250 e. The van der Waals surface area contributed by atoms with Crippen molar-refractivity contribution in [3.63, 3.8) is 0 Å². The molecule has 4 N–H and O–H groups in total. The third kappa shape index (κ3) is 7.06. The molecule has 124 valence electrons. The first-order valence-electron chi connectivity index (χ1n) is 6.82. The van der Waals surface area contributed by atoms with Crippen LogP contribution in [0.1, 0.15) is 47.0 Å². The Balaban J connectivity index is 0. The molecular weight excluding hydrogens is 277 g/mol. The molecule has 3 unspecified atom stereocenters. The van der Waals surface area contributed by atoms with Gasteiger partial charge in [-0.1, -0.05) is 21.3 Å². The second-order valence-electron chi connectivity index (χ2n) is 4.85. The summed E-state index contributed by atoms with van der Waals surface area (Å²) in [6.45, 7) is 3.57. The van der Waals surface area contributed by atoms with Crippen LogP contribution in [0.25, 0.3) is 0 Å². The van der Waals surface area contributed by atoms with Crippen LogP contribution in [0.5, 0.6) is 0 Å². The van der Waals surface area contributed by atoms with Gasteiger partial charge in [-0.3, -0.25) is 14.4 Å². The number of halogens is 1. The summed E-state index contributed by atoms with van der Waals surface area (Å²) < 4.78 is 12.2. The van der Waals surface area contributed by atoms with E-state index in [2.05, 4.69) is 5.32 Å². The van der Waals surface area contributed by atoms with Gasteiger partial charge in [0.2, 0.25) is 11.8 Å². The van der Waals surface area contributed by atoms with Crippen molar-refractivity contribution in [3.05, 3.63) is 0 Å². The maximum absolute atomic E-state index is 12.2. The van der Waals surface area contributed by atoms with E-state index in [1.165, 1.54) is 7.05 Å². The smallest absolute Gasteiger partial charge is 0.250 e. The SMILES string of the molecule is C.CCC(CC(CC(CC)C(=O)NF)C(N)=O)C(=O)NC. The minimum Gasteiger partial charge on any atom is -0.369 e. The molecule has 21 heavy (non-hydrogen) atoms. The molecule has 0 radical (unpaired) electrons. The Hall–Kier alpha value is -1.66. The Morgan fingerprint density at radius 2 is 1.43 bits per heavy atom. The van der Waals surface area contributed by atoms with E-state index in [0.29, 0.717) is 12.8 Å². The number of hydrogen-bond acceptors (Lipinski definition) is 3. The predicted octanol–water partition coefficient (Wildman–Crippen LogP) is 1.30. The number of hydrogen-bond donors (Lipinski definition) is 3. The molecule has 0 bridgehead atoms. The lowest BCUT2D eigenvalue weighted by molar-refractivity contribution is -0.131. The van der Waals surface area contributed by atoms with Crippen LogP contribution in [-0.2, 0) is 14.4 Å². The number of carbonyl (C=O) groups is 3. The van der Waals surface area contributed by atoms with E-state index in [1.54, 1.807) is 6.92 Å².